The number of benzene rings is 2. The first-order valence-electron chi connectivity index (χ1n) is 6.02. The summed E-state index contributed by atoms with van der Waals surface area (Å²) < 4.78 is 5.40. The Balaban J connectivity index is 2.47. The minimum absolute atomic E-state index is 0.0103. The molecule has 4 heteroatoms. The molecule has 0 aromatic heterocycles. The average Bonchev–Trinajstić information content (AvgIpc) is 2.46. The van der Waals surface area contributed by atoms with Crippen LogP contribution >= 0.6 is 11.6 Å². The highest BCUT2D eigenvalue weighted by Gasteiger charge is 2.13. The fraction of sp³-hybridized carbons (Fsp3) is 0.267. The number of fused-ring (bicyclic) bond motifs is 1. The fourth-order valence-corrected chi connectivity index (χ4v) is 2.30. The van der Waals surface area contributed by atoms with E-state index < -0.39 is 0 Å². The summed E-state index contributed by atoms with van der Waals surface area (Å²) >= 11 is 5.58. The predicted molar refractivity (Wildman–Crippen MR) is 77.7 cm³/mol. The summed E-state index contributed by atoms with van der Waals surface area (Å²) in [5.74, 6) is 0.674. The summed E-state index contributed by atoms with van der Waals surface area (Å²) in [6.45, 7) is 0.482. The molecule has 0 aliphatic carbocycles. The molecule has 0 bridgehead atoms. The first-order chi connectivity index (χ1) is 9.17. The van der Waals surface area contributed by atoms with Crippen LogP contribution in [0.2, 0.25) is 0 Å². The zero-order valence-corrected chi connectivity index (χ0v) is 11.8. The fourth-order valence-electron chi connectivity index (χ4n) is 2.10. The third kappa shape index (κ3) is 2.82. The van der Waals surface area contributed by atoms with Gasteiger partial charge in [0.1, 0.15) is 11.6 Å². The molecule has 2 aromatic rings. The molecule has 0 N–H and O–H groups in total. The van der Waals surface area contributed by atoms with Gasteiger partial charge in [-0.05, 0) is 16.8 Å². The molecule has 0 saturated heterocycles. The van der Waals surface area contributed by atoms with Crippen molar-refractivity contribution in [2.24, 2.45) is 0 Å². The Morgan fingerprint density at radius 2 is 2.00 bits per heavy atom. The molecular weight excluding hydrogens is 262 g/mol. The Morgan fingerprint density at radius 1 is 1.26 bits per heavy atom. The van der Waals surface area contributed by atoms with E-state index in [9.17, 15) is 4.79 Å². The number of amides is 1. The highest BCUT2D eigenvalue weighted by molar-refractivity contribution is 6.27. The smallest absolute Gasteiger partial charge is 0.237 e. The van der Waals surface area contributed by atoms with Crippen molar-refractivity contribution >= 4 is 28.3 Å². The number of nitrogens with zero attached hydrogens (tertiary/aromatic N) is 1. The number of alkyl halides is 1. The summed E-state index contributed by atoms with van der Waals surface area (Å²) in [5.41, 5.74) is 1.00. The van der Waals surface area contributed by atoms with E-state index in [2.05, 4.69) is 0 Å². The molecule has 2 aromatic carbocycles. The zero-order chi connectivity index (χ0) is 13.8. The molecule has 19 heavy (non-hydrogen) atoms. The highest BCUT2D eigenvalue weighted by atomic mass is 35.5. The van der Waals surface area contributed by atoms with Crippen LogP contribution in [0.4, 0.5) is 0 Å². The van der Waals surface area contributed by atoms with Crippen LogP contribution in [0.3, 0.4) is 0 Å². The number of carbonyl (C=O) groups excluding carboxylic acids is 1. The Labute approximate surface area is 117 Å². The molecule has 0 atom stereocenters. The summed E-state index contributed by atoms with van der Waals surface area (Å²) in [6, 6.07) is 12.0. The van der Waals surface area contributed by atoms with E-state index >= 15 is 0 Å². The summed E-state index contributed by atoms with van der Waals surface area (Å²) in [5, 5.41) is 2.22. The van der Waals surface area contributed by atoms with Crippen molar-refractivity contribution in [3.05, 3.63) is 42.0 Å². The van der Waals surface area contributed by atoms with Crippen LogP contribution in [-0.2, 0) is 11.3 Å². The maximum Gasteiger partial charge on any atom is 0.237 e. The quantitative estimate of drug-likeness (QED) is 0.804. The van der Waals surface area contributed by atoms with Crippen molar-refractivity contribution in [3.8, 4) is 5.75 Å². The van der Waals surface area contributed by atoms with Gasteiger partial charge in [0, 0.05) is 19.2 Å². The first-order valence-corrected chi connectivity index (χ1v) is 6.55. The maximum absolute atomic E-state index is 11.6. The molecule has 0 aliphatic heterocycles. The molecule has 2 rings (SSSR count). The molecular formula is C15H16ClNO2. The third-order valence-corrected chi connectivity index (χ3v) is 3.38. The van der Waals surface area contributed by atoms with Crippen molar-refractivity contribution in [2.75, 3.05) is 20.0 Å². The summed E-state index contributed by atoms with van der Waals surface area (Å²) in [4.78, 5) is 13.2. The van der Waals surface area contributed by atoms with Crippen molar-refractivity contribution in [1.82, 2.24) is 4.90 Å². The predicted octanol–water partition coefficient (Wildman–Crippen LogP) is 3.05. The minimum Gasteiger partial charge on any atom is -0.496 e. The largest absolute Gasteiger partial charge is 0.496 e. The number of methoxy groups -OCH3 is 1. The lowest BCUT2D eigenvalue weighted by atomic mass is 10.0. The number of hydrogen-bond donors (Lipinski definition) is 0. The van der Waals surface area contributed by atoms with Crippen molar-refractivity contribution < 1.29 is 9.53 Å². The second-order valence-corrected chi connectivity index (χ2v) is 4.62. The standard InChI is InChI=1S/C15H16ClNO2/c1-17(15(18)9-16)10-13-12-6-4-3-5-11(12)7-8-14(13)19-2/h3-8H,9-10H2,1-2H3. The van der Waals surface area contributed by atoms with Gasteiger partial charge in [-0.3, -0.25) is 4.79 Å². The van der Waals surface area contributed by atoms with E-state index in [1.54, 1.807) is 19.1 Å². The Bertz CT molecular complexity index is 598. The lowest BCUT2D eigenvalue weighted by molar-refractivity contribution is -0.127. The number of halogens is 1. The number of carbonyl (C=O) groups is 1. The van der Waals surface area contributed by atoms with Gasteiger partial charge in [-0.25, -0.2) is 0 Å². The van der Waals surface area contributed by atoms with Gasteiger partial charge in [0.2, 0.25) is 5.91 Å². The molecule has 0 aliphatic rings. The molecule has 0 unspecified atom stereocenters. The number of ether oxygens (including phenoxy) is 1. The molecule has 0 heterocycles. The molecule has 0 fully saturated rings. The molecule has 3 nitrogen and oxygen atoms in total. The lowest BCUT2D eigenvalue weighted by Gasteiger charge is -2.19. The van der Waals surface area contributed by atoms with Crippen molar-refractivity contribution in [2.45, 2.75) is 6.54 Å². The van der Waals surface area contributed by atoms with Crippen LogP contribution in [-0.4, -0.2) is 30.8 Å². The van der Waals surface area contributed by atoms with Crippen molar-refractivity contribution in [3.63, 3.8) is 0 Å². The minimum atomic E-state index is -0.100. The Kier molecular flexibility index (Phi) is 4.27. The van der Waals surface area contributed by atoms with Crippen LogP contribution in [0.25, 0.3) is 10.8 Å². The summed E-state index contributed by atoms with van der Waals surface area (Å²) in [7, 11) is 3.38. The number of rotatable bonds is 4. The average molecular weight is 278 g/mol. The highest BCUT2D eigenvalue weighted by Crippen LogP contribution is 2.28. The van der Waals surface area contributed by atoms with Gasteiger partial charge in [-0.1, -0.05) is 30.3 Å². The number of hydrogen-bond acceptors (Lipinski definition) is 2. The van der Waals surface area contributed by atoms with Crippen LogP contribution in [0.15, 0.2) is 36.4 Å². The van der Waals surface area contributed by atoms with E-state index in [0.29, 0.717) is 6.54 Å². The van der Waals surface area contributed by atoms with E-state index in [-0.39, 0.29) is 11.8 Å². The van der Waals surface area contributed by atoms with E-state index in [4.69, 9.17) is 16.3 Å². The second kappa shape index (κ2) is 5.93. The molecule has 0 saturated carbocycles. The zero-order valence-electron chi connectivity index (χ0n) is 11.0. The molecule has 100 valence electrons. The maximum atomic E-state index is 11.6. The van der Waals surface area contributed by atoms with Gasteiger partial charge in [0.25, 0.3) is 0 Å². The molecule has 0 radical (unpaired) electrons. The topological polar surface area (TPSA) is 29.5 Å². The second-order valence-electron chi connectivity index (χ2n) is 4.35. The normalized spacial score (nSPS) is 10.5. The Morgan fingerprint density at radius 3 is 2.68 bits per heavy atom. The van der Waals surface area contributed by atoms with Gasteiger partial charge >= 0.3 is 0 Å². The first kappa shape index (κ1) is 13.7. The molecule has 1 amide bonds. The SMILES string of the molecule is COc1ccc2ccccc2c1CN(C)C(=O)CCl. The Hall–Kier alpha value is -1.74. The van der Waals surface area contributed by atoms with Gasteiger partial charge in [0.15, 0.2) is 0 Å². The third-order valence-electron chi connectivity index (χ3n) is 3.15. The van der Waals surface area contributed by atoms with Gasteiger partial charge in [-0.2, -0.15) is 0 Å². The lowest BCUT2D eigenvalue weighted by Crippen LogP contribution is -2.27. The van der Waals surface area contributed by atoms with Crippen LogP contribution in [0, 0.1) is 0 Å². The van der Waals surface area contributed by atoms with Crippen LogP contribution < -0.4 is 4.74 Å². The van der Waals surface area contributed by atoms with Crippen LogP contribution in [0.1, 0.15) is 5.56 Å². The van der Waals surface area contributed by atoms with Crippen LogP contribution in [0.5, 0.6) is 5.75 Å². The van der Waals surface area contributed by atoms with Gasteiger partial charge in [-0.15, -0.1) is 11.6 Å². The monoisotopic (exact) mass is 277 g/mol. The van der Waals surface area contributed by atoms with Crippen molar-refractivity contribution in [1.29, 1.82) is 0 Å². The van der Waals surface area contributed by atoms with E-state index in [0.717, 1.165) is 22.1 Å². The van der Waals surface area contributed by atoms with E-state index in [1.807, 2.05) is 36.4 Å². The van der Waals surface area contributed by atoms with Gasteiger partial charge < -0.3 is 9.64 Å². The summed E-state index contributed by atoms with van der Waals surface area (Å²) in [6.07, 6.45) is 0. The van der Waals surface area contributed by atoms with Gasteiger partial charge in [0.05, 0.1) is 7.11 Å². The van der Waals surface area contributed by atoms with E-state index in [1.165, 1.54) is 0 Å². The molecule has 0 spiro atoms.